The van der Waals surface area contributed by atoms with E-state index < -0.39 is 5.60 Å². The molecule has 2 heteroatoms. The highest BCUT2D eigenvalue weighted by atomic mass is 16.3. The summed E-state index contributed by atoms with van der Waals surface area (Å²) < 4.78 is 2.34. The zero-order valence-electron chi connectivity index (χ0n) is 17.6. The van der Waals surface area contributed by atoms with E-state index in [1.54, 1.807) is 0 Å². The SMILES string of the molecule is CCCCC(O)(CCCC)c1ccccc1-n1c2ccccc2c2ccccc21. The smallest absolute Gasteiger partial charge is 0.0916 e. The molecule has 0 bridgehead atoms. The largest absolute Gasteiger partial charge is 0.385 e. The normalized spacial score (nSPS) is 12.1. The van der Waals surface area contributed by atoms with Gasteiger partial charge in [-0.3, -0.25) is 0 Å². The first-order chi connectivity index (χ1) is 14.2. The third-order valence-electron chi connectivity index (χ3n) is 6.11. The Kier molecular flexibility index (Phi) is 5.73. The van der Waals surface area contributed by atoms with E-state index in [4.69, 9.17) is 0 Å². The van der Waals surface area contributed by atoms with Gasteiger partial charge in [0.2, 0.25) is 0 Å². The number of hydrogen-bond donors (Lipinski definition) is 1. The predicted octanol–water partition coefficient (Wildman–Crippen LogP) is 7.35. The number of fused-ring (bicyclic) bond motifs is 3. The molecule has 0 amide bonds. The monoisotopic (exact) mass is 385 g/mol. The number of aliphatic hydroxyl groups is 1. The van der Waals surface area contributed by atoms with Gasteiger partial charge in [0.15, 0.2) is 0 Å². The van der Waals surface area contributed by atoms with Crippen LogP contribution in [0.1, 0.15) is 57.9 Å². The summed E-state index contributed by atoms with van der Waals surface area (Å²) in [6.07, 6.45) is 5.84. The molecule has 29 heavy (non-hydrogen) atoms. The van der Waals surface area contributed by atoms with E-state index in [1.807, 2.05) is 0 Å². The van der Waals surface area contributed by atoms with Crippen molar-refractivity contribution in [2.45, 2.75) is 58.0 Å². The lowest BCUT2D eigenvalue weighted by atomic mass is 9.83. The van der Waals surface area contributed by atoms with Crippen molar-refractivity contribution in [2.75, 3.05) is 0 Å². The first-order valence-electron chi connectivity index (χ1n) is 11.0. The van der Waals surface area contributed by atoms with Crippen LogP contribution in [-0.2, 0) is 5.60 Å². The zero-order valence-corrected chi connectivity index (χ0v) is 17.6. The van der Waals surface area contributed by atoms with Gasteiger partial charge in [0.05, 0.1) is 22.3 Å². The molecule has 0 fully saturated rings. The lowest BCUT2D eigenvalue weighted by Crippen LogP contribution is -2.27. The second-order valence-corrected chi connectivity index (χ2v) is 8.13. The standard InChI is InChI=1S/C27H31NO/c1-3-5-19-27(29,20-6-4-2)23-15-9-12-18-26(23)28-24-16-10-7-13-21(24)22-14-8-11-17-25(22)28/h7-18,29H,3-6,19-20H2,1-2H3. The number of aromatic nitrogens is 1. The van der Waals surface area contributed by atoms with Crippen molar-refractivity contribution in [1.29, 1.82) is 0 Å². The Balaban J connectivity index is 1.98. The fourth-order valence-electron chi connectivity index (χ4n) is 4.58. The minimum Gasteiger partial charge on any atom is -0.385 e. The maximum atomic E-state index is 11.9. The van der Waals surface area contributed by atoms with Crippen LogP contribution in [0.4, 0.5) is 0 Å². The van der Waals surface area contributed by atoms with E-state index in [-0.39, 0.29) is 0 Å². The van der Waals surface area contributed by atoms with Gasteiger partial charge >= 0.3 is 0 Å². The summed E-state index contributed by atoms with van der Waals surface area (Å²) in [5.74, 6) is 0. The van der Waals surface area contributed by atoms with E-state index in [2.05, 4.69) is 91.2 Å². The van der Waals surface area contributed by atoms with Gasteiger partial charge in [-0.25, -0.2) is 0 Å². The summed E-state index contributed by atoms with van der Waals surface area (Å²) in [4.78, 5) is 0. The molecule has 0 unspecified atom stereocenters. The molecule has 0 spiro atoms. The lowest BCUT2D eigenvalue weighted by molar-refractivity contribution is 0.0142. The number of rotatable bonds is 8. The van der Waals surface area contributed by atoms with Crippen molar-refractivity contribution >= 4 is 21.8 Å². The first-order valence-corrected chi connectivity index (χ1v) is 11.0. The van der Waals surface area contributed by atoms with Crippen molar-refractivity contribution in [1.82, 2.24) is 4.57 Å². The Hall–Kier alpha value is -2.58. The van der Waals surface area contributed by atoms with Crippen molar-refractivity contribution in [3.8, 4) is 5.69 Å². The van der Waals surface area contributed by atoms with Crippen LogP contribution < -0.4 is 0 Å². The number of hydrogen-bond acceptors (Lipinski definition) is 1. The first kappa shape index (κ1) is 19.7. The molecular weight excluding hydrogens is 354 g/mol. The lowest BCUT2D eigenvalue weighted by Gasteiger charge is -2.31. The number of nitrogens with zero attached hydrogens (tertiary/aromatic N) is 1. The summed E-state index contributed by atoms with van der Waals surface area (Å²) in [5, 5.41) is 14.4. The van der Waals surface area contributed by atoms with Crippen LogP contribution >= 0.6 is 0 Å². The van der Waals surface area contributed by atoms with Gasteiger partial charge in [0, 0.05) is 16.3 Å². The average molecular weight is 386 g/mol. The van der Waals surface area contributed by atoms with Crippen LogP contribution in [0.2, 0.25) is 0 Å². The van der Waals surface area contributed by atoms with E-state index in [0.717, 1.165) is 49.8 Å². The molecule has 0 atom stereocenters. The summed E-state index contributed by atoms with van der Waals surface area (Å²) >= 11 is 0. The van der Waals surface area contributed by atoms with E-state index >= 15 is 0 Å². The molecule has 2 nitrogen and oxygen atoms in total. The molecule has 0 aliphatic heterocycles. The van der Waals surface area contributed by atoms with Crippen molar-refractivity contribution in [3.63, 3.8) is 0 Å². The molecule has 1 N–H and O–H groups in total. The van der Waals surface area contributed by atoms with Gasteiger partial charge < -0.3 is 9.67 Å². The summed E-state index contributed by atoms with van der Waals surface area (Å²) in [6, 6.07) is 25.6. The minimum atomic E-state index is -0.797. The molecule has 4 aromatic rings. The zero-order chi connectivity index (χ0) is 20.3. The predicted molar refractivity (Wildman–Crippen MR) is 124 cm³/mol. The number of para-hydroxylation sites is 3. The molecule has 1 aromatic heterocycles. The Morgan fingerprint density at radius 2 is 1.17 bits per heavy atom. The van der Waals surface area contributed by atoms with Crippen LogP contribution in [0.15, 0.2) is 72.8 Å². The average Bonchev–Trinajstić information content (AvgIpc) is 3.11. The highest BCUT2D eigenvalue weighted by Crippen LogP contribution is 2.39. The fourth-order valence-corrected chi connectivity index (χ4v) is 4.58. The molecule has 0 aliphatic rings. The molecule has 3 aromatic carbocycles. The maximum absolute atomic E-state index is 11.9. The molecule has 0 saturated heterocycles. The Morgan fingerprint density at radius 3 is 1.72 bits per heavy atom. The number of benzene rings is 3. The molecule has 1 heterocycles. The Morgan fingerprint density at radius 1 is 0.690 bits per heavy atom. The molecule has 0 aliphatic carbocycles. The third kappa shape index (κ3) is 3.58. The van der Waals surface area contributed by atoms with Crippen molar-refractivity contribution in [3.05, 3.63) is 78.4 Å². The third-order valence-corrected chi connectivity index (χ3v) is 6.11. The topological polar surface area (TPSA) is 25.2 Å². The maximum Gasteiger partial charge on any atom is 0.0916 e. The van der Waals surface area contributed by atoms with Crippen LogP contribution in [0, 0.1) is 0 Å². The molecule has 0 radical (unpaired) electrons. The van der Waals surface area contributed by atoms with Crippen LogP contribution in [0.3, 0.4) is 0 Å². The fraction of sp³-hybridized carbons (Fsp3) is 0.333. The van der Waals surface area contributed by atoms with Crippen LogP contribution in [0.5, 0.6) is 0 Å². The van der Waals surface area contributed by atoms with Crippen LogP contribution in [-0.4, -0.2) is 9.67 Å². The second kappa shape index (κ2) is 8.42. The summed E-state index contributed by atoms with van der Waals surface area (Å²) in [7, 11) is 0. The van der Waals surface area contributed by atoms with Crippen molar-refractivity contribution < 1.29 is 5.11 Å². The van der Waals surface area contributed by atoms with Gasteiger partial charge in [0.1, 0.15) is 0 Å². The minimum absolute atomic E-state index is 0.797. The quantitative estimate of drug-likeness (QED) is 0.337. The molecule has 0 saturated carbocycles. The molecular formula is C27H31NO. The van der Waals surface area contributed by atoms with E-state index in [0.29, 0.717) is 0 Å². The Labute approximate surface area is 173 Å². The number of unbranched alkanes of at least 4 members (excludes halogenated alkanes) is 2. The highest BCUT2D eigenvalue weighted by molar-refractivity contribution is 6.09. The van der Waals surface area contributed by atoms with Crippen LogP contribution in [0.25, 0.3) is 27.5 Å². The van der Waals surface area contributed by atoms with Gasteiger partial charge in [-0.05, 0) is 31.0 Å². The summed E-state index contributed by atoms with van der Waals surface area (Å²) in [5.41, 5.74) is 3.73. The molecule has 150 valence electrons. The van der Waals surface area contributed by atoms with Gasteiger partial charge in [-0.15, -0.1) is 0 Å². The van der Waals surface area contributed by atoms with E-state index in [1.165, 1.54) is 21.8 Å². The summed E-state index contributed by atoms with van der Waals surface area (Å²) in [6.45, 7) is 4.39. The van der Waals surface area contributed by atoms with E-state index in [9.17, 15) is 5.11 Å². The van der Waals surface area contributed by atoms with Gasteiger partial charge in [0.25, 0.3) is 0 Å². The Bertz CT molecular complexity index is 1050. The highest BCUT2D eigenvalue weighted by Gasteiger charge is 2.31. The molecule has 4 rings (SSSR count). The van der Waals surface area contributed by atoms with Gasteiger partial charge in [-0.1, -0.05) is 94.1 Å². The van der Waals surface area contributed by atoms with Gasteiger partial charge in [-0.2, -0.15) is 0 Å². The van der Waals surface area contributed by atoms with Crippen molar-refractivity contribution in [2.24, 2.45) is 0 Å². The second-order valence-electron chi connectivity index (χ2n) is 8.13.